The number of methoxy groups -OCH3 is 1. The SMILES string of the molecule is Br.COC(=O)c1ccccc1-c1cc[c]([Zn][CH3])cc1. The van der Waals surface area contributed by atoms with Crippen LogP contribution in [0, 0.1) is 0 Å². The van der Waals surface area contributed by atoms with E-state index >= 15 is 0 Å². The molecule has 0 amide bonds. The van der Waals surface area contributed by atoms with E-state index in [1.807, 2.05) is 18.2 Å². The van der Waals surface area contributed by atoms with Crippen molar-refractivity contribution in [1.29, 1.82) is 0 Å². The van der Waals surface area contributed by atoms with Gasteiger partial charge in [0.25, 0.3) is 0 Å². The Morgan fingerprint density at radius 3 is 2.26 bits per heavy atom. The maximum atomic E-state index is 11.7. The Labute approximate surface area is 131 Å². The van der Waals surface area contributed by atoms with Crippen LogP contribution in [0.15, 0.2) is 48.5 Å². The molecule has 0 unspecified atom stereocenters. The molecule has 0 aliphatic rings. The van der Waals surface area contributed by atoms with Crippen LogP contribution < -0.4 is 4.16 Å². The quantitative estimate of drug-likeness (QED) is 0.609. The molecule has 2 aromatic rings. The van der Waals surface area contributed by atoms with Gasteiger partial charge < -0.3 is 0 Å². The van der Waals surface area contributed by atoms with E-state index in [9.17, 15) is 4.79 Å². The number of hydrogen-bond donors (Lipinski definition) is 0. The van der Waals surface area contributed by atoms with E-state index in [0.29, 0.717) is 5.56 Å². The van der Waals surface area contributed by atoms with Gasteiger partial charge >= 0.3 is 115 Å². The Kier molecular flexibility index (Phi) is 6.40. The first-order valence-electron chi connectivity index (χ1n) is 6.03. The summed E-state index contributed by atoms with van der Waals surface area (Å²) in [4.78, 5) is 11.7. The zero-order valence-electron chi connectivity index (χ0n) is 11.1. The average molecular weight is 373 g/mol. The second-order valence-electron chi connectivity index (χ2n) is 4.09. The first-order valence-corrected chi connectivity index (χ1v) is 10.5. The molecular weight excluding hydrogens is 357 g/mol. The third-order valence-electron chi connectivity index (χ3n) is 3.01. The predicted molar refractivity (Wildman–Crippen MR) is 79.0 cm³/mol. The van der Waals surface area contributed by atoms with E-state index in [1.54, 1.807) is 6.07 Å². The molecule has 2 nitrogen and oxygen atoms in total. The van der Waals surface area contributed by atoms with Crippen LogP contribution in [0.3, 0.4) is 0 Å². The van der Waals surface area contributed by atoms with Crippen molar-refractivity contribution in [2.45, 2.75) is 5.52 Å². The van der Waals surface area contributed by atoms with Crippen LogP contribution in [-0.4, -0.2) is 13.1 Å². The van der Waals surface area contributed by atoms with Crippen molar-refractivity contribution in [2.24, 2.45) is 0 Å². The molecule has 2 rings (SSSR count). The molecule has 0 atom stereocenters. The second kappa shape index (κ2) is 7.57. The van der Waals surface area contributed by atoms with Crippen molar-refractivity contribution in [3.63, 3.8) is 0 Å². The van der Waals surface area contributed by atoms with Crippen molar-refractivity contribution in [2.75, 3.05) is 7.11 Å². The first kappa shape index (κ1) is 16.1. The molecule has 0 saturated heterocycles. The van der Waals surface area contributed by atoms with Crippen LogP contribution >= 0.6 is 17.0 Å². The molecule has 0 saturated carbocycles. The van der Waals surface area contributed by atoms with Crippen LogP contribution in [0.5, 0.6) is 0 Å². The van der Waals surface area contributed by atoms with Crippen molar-refractivity contribution in [1.82, 2.24) is 0 Å². The Morgan fingerprint density at radius 2 is 1.68 bits per heavy atom. The summed E-state index contributed by atoms with van der Waals surface area (Å²) in [5.41, 5.74) is 4.92. The fourth-order valence-electron chi connectivity index (χ4n) is 1.94. The molecule has 0 aromatic heterocycles. The summed E-state index contributed by atoms with van der Waals surface area (Å²) >= 11 is -0.524. The number of rotatable bonds is 3. The Morgan fingerprint density at radius 1 is 1.05 bits per heavy atom. The van der Waals surface area contributed by atoms with E-state index in [1.165, 1.54) is 11.3 Å². The van der Waals surface area contributed by atoms with E-state index in [-0.39, 0.29) is 23.0 Å². The number of carbonyl (C=O) groups is 1. The average Bonchev–Trinajstić information content (AvgIpc) is 2.46. The van der Waals surface area contributed by atoms with Gasteiger partial charge in [0.15, 0.2) is 0 Å². The number of hydrogen-bond acceptors (Lipinski definition) is 2. The zero-order chi connectivity index (χ0) is 13.0. The number of esters is 1. The fraction of sp³-hybridized carbons (Fsp3) is 0.133. The summed E-state index contributed by atoms with van der Waals surface area (Å²) in [6.45, 7) is 0. The van der Waals surface area contributed by atoms with Crippen LogP contribution in [0.1, 0.15) is 10.4 Å². The van der Waals surface area contributed by atoms with Crippen LogP contribution in [0.4, 0.5) is 0 Å². The molecule has 0 spiro atoms. The van der Waals surface area contributed by atoms with Gasteiger partial charge in [-0.1, -0.05) is 0 Å². The van der Waals surface area contributed by atoms with Crippen LogP contribution in [-0.2, 0) is 21.9 Å². The normalized spacial score (nSPS) is 9.16. The minimum atomic E-state index is -0.524. The van der Waals surface area contributed by atoms with Crippen LogP contribution in [0.2, 0.25) is 5.52 Å². The van der Waals surface area contributed by atoms with Gasteiger partial charge in [-0.2, -0.15) is 0 Å². The fourth-order valence-corrected chi connectivity index (χ4v) is 3.43. The van der Waals surface area contributed by atoms with Gasteiger partial charge in [-0.3, -0.25) is 0 Å². The molecule has 0 heterocycles. The van der Waals surface area contributed by atoms with Crippen molar-refractivity contribution in [3.8, 4) is 11.1 Å². The van der Waals surface area contributed by atoms with E-state index in [2.05, 4.69) is 29.8 Å². The molecule has 0 aliphatic carbocycles. The molecule has 0 fully saturated rings. The standard InChI is InChI=1S/C14H11O2.CH3.BrH.Zn/c1-16-14(15)13-10-6-5-9-12(13)11-7-3-2-4-8-11;;;/h3-10H,1H3;1H3;1H;. The number of carbonyl (C=O) groups excluding carboxylic acids is 1. The van der Waals surface area contributed by atoms with Gasteiger partial charge in [0.05, 0.1) is 0 Å². The number of ether oxygens (including phenoxy) is 1. The summed E-state index contributed by atoms with van der Waals surface area (Å²) in [7, 11) is 1.41. The van der Waals surface area contributed by atoms with Gasteiger partial charge in [-0.15, -0.1) is 17.0 Å². The molecule has 0 N–H and O–H groups in total. The summed E-state index contributed by atoms with van der Waals surface area (Å²) < 4.78 is 6.29. The Hall–Kier alpha value is -0.987. The van der Waals surface area contributed by atoms with Gasteiger partial charge in [0, 0.05) is 0 Å². The topological polar surface area (TPSA) is 26.3 Å². The second-order valence-corrected chi connectivity index (χ2v) is 7.28. The third-order valence-corrected chi connectivity index (χ3v) is 5.71. The molecule has 0 aliphatic heterocycles. The molecular formula is C15H15BrO2Zn. The molecule has 0 bridgehead atoms. The maximum absolute atomic E-state index is 11.7. The number of benzene rings is 2. The van der Waals surface area contributed by atoms with E-state index < -0.39 is 17.1 Å². The predicted octanol–water partition coefficient (Wildman–Crippen LogP) is 3.47. The zero-order valence-corrected chi connectivity index (χ0v) is 15.7. The molecule has 4 heteroatoms. The summed E-state index contributed by atoms with van der Waals surface area (Å²) in [5.74, 6) is -0.289. The molecule has 19 heavy (non-hydrogen) atoms. The molecule has 0 radical (unpaired) electrons. The summed E-state index contributed by atoms with van der Waals surface area (Å²) in [6, 6.07) is 16.1. The van der Waals surface area contributed by atoms with Gasteiger partial charge in [-0.05, 0) is 0 Å². The van der Waals surface area contributed by atoms with E-state index in [0.717, 1.165) is 11.1 Å². The van der Waals surface area contributed by atoms with Crippen molar-refractivity contribution < 1.29 is 26.7 Å². The van der Waals surface area contributed by atoms with Gasteiger partial charge in [-0.25, -0.2) is 0 Å². The molecule has 96 valence electrons. The van der Waals surface area contributed by atoms with E-state index in [4.69, 9.17) is 4.74 Å². The van der Waals surface area contributed by atoms with Crippen LogP contribution in [0.25, 0.3) is 11.1 Å². The molecule has 2 aromatic carbocycles. The number of halogens is 1. The summed E-state index contributed by atoms with van der Waals surface area (Å²) in [6.07, 6.45) is 0. The first-order chi connectivity index (χ1) is 8.76. The Bertz CT molecular complexity index is 552. The minimum absolute atomic E-state index is 0. The van der Waals surface area contributed by atoms with Crippen molar-refractivity contribution in [3.05, 3.63) is 54.1 Å². The monoisotopic (exact) mass is 370 g/mol. The Balaban J connectivity index is 0.00000180. The van der Waals surface area contributed by atoms with Crippen molar-refractivity contribution >= 4 is 27.1 Å². The third kappa shape index (κ3) is 3.74. The summed E-state index contributed by atoms with van der Waals surface area (Å²) in [5, 5.41) is 0. The van der Waals surface area contributed by atoms with Gasteiger partial charge in [0.2, 0.25) is 0 Å². The van der Waals surface area contributed by atoms with Gasteiger partial charge in [0.1, 0.15) is 0 Å².